The van der Waals surface area contributed by atoms with Crippen molar-refractivity contribution < 1.29 is 9.59 Å². The number of amides is 2. The molecule has 0 radical (unpaired) electrons. The van der Waals surface area contributed by atoms with Gasteiger partial charge >= 0.3 is 0 Å². The van der Waals surface area contributed by atoms with E-state index >= 15 is 0 Å². The Balaban J connectivity index is 2.71. The third kappa shape index (κ3) is 5.53. The fourth-order valence-corrected chi connectivity index (χ4v) is 1.84. The number of rotatable bonds is 8. The number of aromatic nitrogens is 1. The smallest absolute Gasteiger partial charge is 0.272 e. The van der Waals surface area contributed by atoms with Crippen molar-refractivity contribution in [1.29, 1.82) is 0 Å². The fourth-order valence-electron chi connectivity index (χ4n) is 1.84. The zero-order valence-electron chi connectivity index (χ0n) is 13.2. The number of hydrogen-bond acceptors (Lipinski definition) is 3. The molecule has 5 heteroatoms. The van der Waals surface area contributed by atoms with E-state index in [-0.39, 0.29) is 11.8 Å². The number of carbonyl (C=O) groups is 2. The summed E-state index contributed by atoms with van der Waals surface area (Å²) in [5.41, 5.74) is 0.609. The highest BCUT2D eigenvalue weighted by Gasteiger charge is 2.15. The van der Waals surface area contributed by atoms with Gasteiger partial charge in [0.2, 0.25) is 0 Å². The van der Waals surface area contributed by atoms with Crippen LogP contribution < -0.4 is 5.32 Å². The van der Waals surface area contributed by atoms with Gasteiger partial charge in [0.25, 0.3) is 11.8 Å². The lowest BCUT2D eigenvalue weighted by molar-refractivity contribution is 0.0787. The van der Waals surface area contributed by atoms with Crippen molar-refractivity contribution in [3.8, 4) is 0 Å². The highest BCUT2D eigenvalue weighted by Crippen LogP contribution is 2.04. The Morgan fingerprint density at radius 3 is 2.48 bits per heavy atom. The lowest BCUT2D eigenvalue weighted by Gasteiger charge is -2.16. The van der Waals surface area contributed by atoms with Crippen LogP contribution in [0.2, 0.25) is 0 Å². The van der Waals surface area contributed by atoms with Crippen LogP contribution in [-0.4, -0.2) is 41.8 Å². The van der Waals surface area contributed by atoms with E-state index in [9.17, 15) is 9.59 Å². The van der Waals surface area contributed by atoms with Gasteiger partial charge in [-0.3, -0.25) is 9.59 Å². The second-order valence-corrected chi connectivity index (χ2v) is 5.10. The first-order valence-corrected chi connectivity index (χ1v) is 7.60. The van der Waals surface area contributed by atoms with E-state index in [1.165, 1.54) is 0 Å². The summed E-state index contributed by atoms with van der Waals surface area (Å²) in [6, 6.07) is 4.97. The molecule has 116 valence electrons. The second-order valence-electron chi connectivity index (χ2n) is 5.10. The molecule has 1 aromatic heterocycles. The van der Waals surface area contributed by atoms with Crippen LogP contribution in [0.3, 0.4) is 0 Å². The molecule has 1 aromatic rings. The standard InChI is InChI=1S/C16H25N3O2/c1-4-6-11-17-15(20)13-9-8-10-14(18-13)16(21)19(3)12-7-5-2/h8-10H,4-7,11-12H2,1-3H3,(H,17,20). The summed E-state index contributed by atoms with van der Waals surface area (Å²) in [7, 11) is 1.76. The van der Waals surface area contributed by atoms with E-state index in [0.717, 1.165) is 25.7 Å². The monoisotopic (exact) mass is 291 g/mol. The van der Waals surface area contributed by atoms with Gasteiger partial charge in [0.15, 0.2) is 0 Å². The van der Waals surface area contributed by atoms with Crippen molar-refractivity contribution in [1.82, 2.24) is 15.2 Å². The Labute approximate surface area is 126 Å². The predicted octanol–water partition coefficient (Wildman–Crippen LogP) is 2.48. The minimum Gasteiger partial charge on any atom is -0.351 e. The average Bonchev–Trinajstić information content (AvgIpc) is 2.52. The number of hydrogen-bond donors (Lipinski definition) is 1. The van der Waals surface area contributed by atoms with Crippen molar-refractivity contribution in [3.05, 3.63) is 29.6 Å². The maximum absolute atomic E-state index is 12.2. The molecule has 0 aliphatic carbocycles. The van der Waals surface area contributed by atoms with Crippen molar-refractivity contribution >= 4 is 11.8 Å². The van der Waals surface area contributed by atoms with E-state index in [1.807, 2.05) is 0 Å². The average molecular weight is 291 g/mol. The van der Waals surface area contributed by atoms with Gasteiger partial charge in [-0.25, -0.2) is 4.98 Å². The van der Waals surface area contributed by atoms with Crippen LogP contribution in [0.4, 0.5) is 0 Å². The highest BCUT2D eigenvalue weighted by atomic mass is 16.2. The van der Waals surface area contributed by atoms with Crippen LogP contribution >= 0.6 is 0 Å². The van der Waals surface area contributed by atoms with Crippen LogP contribution in [0.15, 0.2) is 18.2 Å². The maximum atomic E-state index is 12.2. The van der Waals surface area contributed by atoms with Crippen molar-refractivity contribution in [2.24, 2.45) is 0 Å². The molecule has 0 bridgehead atoms. The van der Waals surface area contributed by atoms with E-state index < -0.39 is 0 Å². The molecule has 0 aliphatic heterocycles. The molecular weight excluding hydrogens is 266 g/mol. The normalized spacial score (nSPS) is 10.2. The molecule has 0 unspecified atom stereocenters. The summed E-state index contributed by atoms with van der Waals surface area (Å²) < 4.78 is 0. The summed E-state index contributed by atoms with van der Waals surface area (Å²) in [6.07, 6.45) is 3.95. The first kappa shape index (κ1) is 17.1. The van der Waals surface area contributed by atoms with E-state index in [1.54, 1.807) is 30.1 Å². The molecule has 0 saturated heterocycles. The highest BCUT2D eigenvalue weighted by molar-refractivity contribution is 5.96. The van der Waals surface area contributed by atoms with E-state index in [4.69, 9.17) is 0 Å². The molecule has 0 atom stereocenters. The summed E-state index contributed by atoms with van der Waals surface area (Å²) >= 11 is 0. The molecule has 5 nitrogen and oxygen atoms in total. The van der Waals surface area contributed by atoms with Crippen LogP contribution in [0.5, 0.6) is 0 Å². The molecule has 1 heterocycles. The molecule has 1 rings (SSSR count). The summed E-state index contributed by atoms with van der Waals surface area (Å²) in [5, 5.41) is 2.80. The summed E-state index contributed by atoms with van der Waals surface area (Å²) in [5.74, 6) is -0.374. The summed E-state index contributed by atoms with van der Waals surface area (Å²) in [6.45, 7) is 5.48. The number of pyridine rings is 1. The van der Waals surface area contributed by atoms with Gasteiger partial charge in [0.1, 0.15) is 11.4 Å². The molecule has 0 aromatic carbocycles. The molecule has 0 saturated carbocycles. The zero-order valence-corrected chi connectivity index (χ0v) is 13.2. The second kappa shape index (κ2) is 9.10. The lowest BCUT2D eigenvalue weighted by atomic mass is 10.2. The van der Waals surface area contributed by atoms with Gasteiger partial charge in [0.05, 0.1) is 0 Å². The number of nitrogens with one attached hydrogen (secondary N) is 1. The minimum atomic E-state index is -0.227. The third-order valence-electron chi connectivity index (χ3n) is 3.21. The summed E-state index contributed by atoms with van der Waals surface area (Å²) in [4.78, 5) is 30.0. The Morgan fingerprint density at radius 1 is 1.14 bits per heavy atom. The first-order chi connectivity index (χ1) is 10.1. The van der Waals surface area contributed by atoms with E-state index in [2.05, 4.69) is 24.1 Å². The Bertz CT molecular complexity index is 474. The Kier molecular flexibility index (Phi) is 7.43. The van der Waals surface area contributed by atoms with Crippen molar-refractivity contribution in [3.63, 3.8) is 0 Å². The molecule has 2 amide bonds. The van der Waals surface area contributed by atoms with Crippen LogP contribution in [0.25, 0.3) is 0 Å². The number of nitrogens with zero attached hydrogens (tertiary/aromatic N) is 2. The van der Waals surface area contributed by atoms with Gasteiger partial charge in [-0.1, -0.05) is 32.8 Å². The molecule has 21 heavy (non-hydrogen) atoms. The maximum Gasteiger partial charge on any atom is 0.272 e. The van der Waals surface area contributed by atoms with Gasteiger partial charge in [-0.15, -0.1) is 0 Å². The number of unbranched alkanes of at least 4 members (excludes halogenated alkanes) is 2. The minimum absolute atomic E-state index is 0.147. The Hall–Kier alpha value is -1.91. The van der Waals surface area contributed by atoms with Crippen molar-refractivity contribution in [2.75, 3.05) is 20.1 Å². The molecule has 0 fully saturated rings. The quantitative estimate of drug-likeness (QED) is 0.748. The third-order valence-corrected chi connectivity index (χ3v) is 3.21. The SMILES string of the molecule is CCCCNC(=O)c1cccc(C(=O)N(C)CCCC)n1. The Morgan fingerprint density at radius 2 is 1.81 bits per heavy atom. The largest absolute Gasteiger partial charge is 0.351 e. The number of carbonyl (C=O) groups excluding carboxylic acids is 2. The van der Waals surface area contributed by atoms with Gasteiger partial charge < -0.3 is 10.2 Å². The van der Waals surface area contributed by atoms with Gasteiger partial charge in [-0.05, 0) is 25.0 Å². The van der Waals surface area contributed by atoms with Gasteiger partial charge in [0, 0.05) is 20.1 Å². The fraction of sp³-hybridized carbons (Fsp3) is 0.562. The first-order valence-electron chi connectivity index (χ1n) is 7.60. The van der Waals surface area contributed by atoms with Crippen molar-refractivity contribution in [2.45, 2.75) is 39.5 Å². The van der Waals surface area contributed by atoms with Gasteiger partial charge in [-0.2, -0.15) is 0 Å². The topological polar surface area (TPSA) is 62.3 Å². The predicted molar refractivity (Wildman–Crippen MR) is 83.3 cm³/mol. The lowest BCUT2D eigenvalue weighted by Crippen LogP contribution is -2.30. The van der Waals surface area contributed by atoms with Crippen LogP contribution in [0.1, 0.15) is 60.5 Å². The zero-order chi connectivity index (χ0) is 15.7. The molecular formula is C16H25N3O2. The molecule has 0 aliphatic rings. The van der Waals surface area contributed by atoms with Crippen LogP contribution in [-0.2, 0) is 0 Å². The van der Waals surface area contributed by atoms with Crippen LogP contribution in [0, 0.1) is 0 Å². The molecule has 1 N–H and O–H groups in total. The molecule has 0 spiro atoms. The van der Waals surface area contributed by atoms with E-state index in [0.29, 0.717) is 24.5 Å².